The smallest absolute Gasteiger partial charge is 0.156 e. The summed E-state index contributed by atoms with van der Waals surface area (Å²) in [6, 6.07) is 0. The van der Waals surface area contributed by atoms with Gasteiger partial charge in [0.2, 0.25) is 0 Å². The Labute approximate surface area is 109 Å². The number of hydrogen-bond acceptors (Lipinski definition) is 3. The second kappa shape index (κ2) is 6.32. The summed E-state index contributed by atoms with van der Waals surface area (Å²) in [7, 11) is 0. The molecule has 2 rings (SSSR count). The first kappa shape index (κ1) is 13.5. The maximum atomic E-state index is 10.4. The van der Waals surface area contributed by atoms with Crippen LogP contribution in [0.5, 0.6) is 0 Å². The van der Waals surface area contributed by atoms with Gasteiger partial charge in [-0.1, -0.05) is 32.6 Å². The summed E-state index contributed by atoms with van der Waals surface area (Å²) in [5.74, 6) is 1.99. The fourth-order valence-electron chi connectivity index (χ4n) is 3.16. The monoisotopic (exact) mass is 251 g/mol. The van der Waals surface area contributed by atoms with Gasteiger partial charge in [0.1, 0.15) is 12.4 Å². The highest BCUT2D eigenvalue weighted by atomic mass is 16.3. The molecule has 0 amide bonds. The zero-order valence-electron chi connectivity index (χ0n) is 11.5. The SMILES string of the molecule is CCCC1CCC(C(O)c2ncnn2CC)CC1. The molecule has 1 aliphatic carbocycles. The molecule has 102 valence electrons. The van der Waals surface area contributed by atoms with Crippen LogP contribution in [0.2, 0.25) is 0 Å². The van der Waals surface area contributed by atoms with Crippen molar-refractivity contribution in [2.24, 2.45) is 11.8 Å². The van der Waals surface area contributed by atoms with E-state index in [1.165, 1.54) is 25.7 Å². The lowest BCUT2D eigenvalue weighted by Crippen LogP contribution is -2.23. The molecule has 0 saturated heterocycles. The molecular weight excluding hydrogens is 226 g/mol. The van der Waals surface area contributed by atoms with Gasteiger partial charge in [0.25, 0.3) is 0 Å². The van der Waals surface area contributed by atoms with Crippen molar-refractivity contribution in [3.05, 3.63) is 12.2 Å². The van der Waals surface area contributed by atoms with Crippen LogP contribution in [-0.4, -0.2) is 19.9 Å². The molecule has 0 aliphatic heterocycles. The molecule has 1 aromatic rings. The van der Waals surface area contributed by atoms with Crippen molar-refractivity contribution >= 4 is 0 Å². The number of aryl methyl sites for hydroxylation is 1. The van der Waals surface area contributed by atoms with Crippen molar-refractivity contribution in [2.45, 2.75) is 65.0 Å². The predicted molar refractivity (Wildman–Crippen MR) is 71.0 cm³/mol. The van der Waals surface area contributed by atoms with Crippen molar-refractivity contribution in [1.29, 1.82) is 0 Å². The molecule has 0 spiro atoms. The fraction of sp³-hybridized carbons (Fsp3) is 0.857. The van der Waals surface area contributed by atoms with Crippen LogP contribution in [0.4, 0.5) is 0 Å². The molecule has 4 heteroatoms. The van der Waals surface area contributed by atoms with Crippen LogP contribution in [0.1, 0.15) is 64.3 Å². The summed E-state index contributed by atoms with van der Waals surface area (Å²) in [5.41, 5.74) is 0. The van der Waals surface area contributed by atoms with Gasteiger partial charge < -0.3 is 5.11 Å². The first-order valence-electron chi connectivity index (χ1n) is 7.32. The lowest BCUT2D eigenvalue weighted by molar-refractivity contribution is 0.0616. The highest BCUT2D eigenvalue weighted by molar-refractivity contribution is 4.94. The second-order valence-corrected chi connectivity index (χ2v) is 5.45. The second-order valence-electron chi connectivity index (χ2n) is 5.45. The van der Waals surface area contributed by atoms with Gasteiger partial charge in [-0.15, -0.1) is 0 Å². The van der Waals surface area contributed by atoms with E-state index in [4.69, 9.17) is 0 Å². The average molecular weight is 251 g/mol. The van der Waals surface area contributed by atoms with Gasteiger partial charge in [-0.25, -0.2) is 9.67 Å². The van der Waals surface area contributed by atoms with E-state index in [-0.39, 0.29) is 0 Å². The van der Waals surface area contributed by atoms with Gasteiger partial charge in [-0.05, 0) is 31.6 Å². The molecule has 1 aliphatic rings. The molecule has 4 nitrogen and oxygen atoms in total. The largest absolute Gasteiger partial charge is 0.385 e. The first-order valence-corrected chi connectivity index (χ1v) is 7.32. The summed E-state index contributed by atoms with van der Waals surface area (Å²) in [4.78, 5) is 4.22. The van der Waals surface area contributed by atoms with Crippen molar-refractivity contribution in [3.63, 3.8) is 0 Å². The number of aliphatic hydroxyl groups is 1. The summed E-state index contributed by atoms with van der Waals surface area (Å²) in [6.07, 6.45) is 8.51. The summed E-state index contributed by atoms with van der Waals surface area (Å²) >= 11 is 0. The van der Waals surface area contributed by atoms with Gasteiger partial charge in [-0.3, -0.25) is 0 Å². The molecule has 1 unspecified atom stereocenters. The zero-order chi connectivity index (χ0) is 13.0. The predicted octanol–water partition coefficient (Wildman–Crippen LogP) is 2.94. The lowest BCUT2D eigenvalue weighted by atomic mass is 9.77. The minimum atomic E-state index is -0.435. The Morgan fingerprint density at radius 2 is 2.06 bits per heavy atom. The van der Waals surface area contributed by atoms with E-state index < -0.39 is 6.10 Å². The molecule has 18 heavy (non-hydrogen) atoms. The third kappa shape index (κ3) is 2.91. The molecular formula is C14H25N3O. The number of rotatable bonds is 5. The lowest BCUT2D eigenvalue weighted by Gasteiger charge is -2.31. The Morgan fingerprint density at radius 3 is 2.67 bits per heavy atom. The van der Waals surface area contributed by atoms with Crippen molar-refractivity contribution in [2.75, 3.05) is 0 Å². The van der Waals surface area contributed by atoms with Crippen LogP contribution >= 0.6 is 0 Å². The van der Waals surface area contributed by atoms with Crippen molar-refractivity contribution < 1.29 is 5.11 Å². The molecule has 1 aromatic heterocycles. The van der Waals surface area contributed by atoms with E-state index in [0.717, 1.165) is 31.1 Å². The molecule has 1 N–H and O–H groups in total. The molecule has 0 aromatic carbocycles. The summed E-state index contributed by atoms with van der Waals surface area (Å²) in [6.45, 7) is 5.06. The number of aromatic nitrogens is 3. The Balaban J connectivity index is 1.93. The Hall–Kier alpha value is -0.900. The van der Waals surface area contributed by atoms with E-state index >= 15 is 0 Å². The van der Waals surface area contributed by atoms with E-state index in [9.17, 15) is 5.11 Å². The Kier molecular flexibility index (Phi) is 4.75. The quantitative estimate of drug-likeness (QED) is 0.875. The van der Waals surface area contributed by atoms with Crippen molar-refractivity contribution in [1.82, 2.24) is 14.8 Å². The summed E-state index contributed by atoms with van der Waals surface area (Å²) < 4.78 is 1.81. The van der Waals surface area contributed by atoms with Crippen LogP contribution in [0, 0.1) is 11.8 Å². The maximum Gasteiger partial charge on any atom is 0.156 e. The number of hydrogen-bond donors (Lipinski definition) is 1. The molecule has 1 fully saturated rings. The van der Waals surface area contributed by atoms with Crippen LogP contribution in [0.15, 0.2) is 6.33 Å². The normalized spacial score (nSPS) is 26.2. The van der Waals surface area contributed by atoms with E-state index in [1.807, 2.05) is 11.6 Å². The third-order valence-electron chi connectivity index (χ3n) is 4.24. The number of aliphatic hydroxyl groups excluding tert-OH is 1. The van der Waals surface area contributed by atoms with E-state index in [0.29, 0.717) is 5.92 Å². The number of nitrogens with zero attached hydrogens (tertiary/aromatic N) is 3. The third-order valence-corrected chi connectivity index (χ3v) is 4.24. The average Bonchev–Trinajstić information content (AvgIpc) is 2.87. The highest BCUT2D eigenvalue weighted by Crippen LogP contribution is 2.37. The van der Waals surface area contributed by atoms with Crippen molar-refractivity contribution in [3.8, 4) is 0 Å². The van der Waals surface area contributed by atoms with Crippen LogP contribution < -0.4 is 0 Å². The van der Waals surface area contributed by atoms with Gasteiger partial charge in [0.05, 0.1) is 0 Å². The Morgan fingerprint density at radius 1 is 1.33 bits per heavy atom. The molecule has 0 radical (unpaired) electrons. The Bertz CT molecular complexity index is 356. The van der Waals surface area contributed by atoms with E-state index in [1.54, 1.807) is 6.33 Å². The van der Waals surface area contributed by atoms with Gasteiger partial charge in [0, 0.05) is 6.54 Å². The minimum absolute atomic E-state index is 0.368. The topological polar surface area (TPSA) is 50.9 Å². The standard InChI is InChI=1S/C14H25N3O/c1-3-5-11-6-8-12(9-7-11)13(18)14-15-10-16-17(14)4-2/h10-13,18H,3-9H2,1-2H3. The van der Waals surface area contributed by atoms with Gasteiger partial charge in [0.15, 0.2) is 5.82 Å². The molecule has 1 heterocycles. The molecule has 1 saturated carbocycles. The highest BCUT2D eigenvalue weighted by Gasteiger charge is 2.29. The molecule has 0 bridgehead atoms. The van der Waals surface area contributed by atoms with E-state index in [2.05, 4.69) is 17.0 Å². The van der Waals surface area contributed by atoms with Gasteiger partial charge in [-0.2, -0.15) is 5.10 Å². The maximum absolute atomic E-state index is 10.4. The minimum Gasteiger partial charge on any atom is -0.385 e. The molecule has 1 atom stereocenters. The van der Waals surface area contributed by atoms with Crippen LogP contribution in [0.25, 0.3) is 0 Å². The first-order chi connectivity index (χ1) is 8.76. The van der Waals surface area contributed by atoms with Crippen LogP contribution in [-0.2, 0) is 6.54 Å². The fourth-order valence-corrected chi connectivity index (χ4v) is 3.16. The summed E-state index contributed by atoms with van der Waals surface area (Å²) in [5, 5.41) is 14.6. The van der Waals surface area contributed by atoms with Crippen LogP contribution in [0.3, 0.4) is 0 Å². The zero-order valence-corrected chi connectivity index (χ0v) is 11.5. The van der Waals surface area contributed by atoms with Gasteiger partial charge >= 0.3 is 0 Å².